The van der Waals surface area contributed by atoms with Gasteiger partial charge in [0, 0.05) is 13.0 Å². The molecule has 31 heavy (non-hydrogen) atoms. The van der Waals surface area contributed by atoms with Gasteiger partial charge in [-0.3, -0.25) is 4.79 Å². The van der Waals surface area contributed by atoms with Gasteiger partial charge in [-0.15, -0.1) is 0 Å². The average molecular weight is 425 g/mol. The van der Waals surface area contributed by atoms with E-state index in [4.69, 9.17) is 23.7 Å². The van der Waals surface area contributed by atoms with Crippen molar-refractivity contribution >= 4 is 5.91 Å². The first-order valence-corrected chi connectivity index (χ1v) is 10.3. The molecule has 164 valence electrons. The Morgan fingerprint density at radius 2 is 1.74 bits per heavy atom. The molecular weight excluding hydrogens is 398 g/mol. The van der Waals surface area contributed by atoms with E-state index < -0.39 is 6.10 Å². The lowest BCUT2D eigenvalue weighted by Crippen LogP contribution is -2.46. The highest BCUT2D eigenvalue weighted by Gasteiger charge is 2.36. The predicted molar refractivity (Wildman–Crippen MR) is 115 cm³/mol. The van der Waals surface area contributed by atoms with E-state index in [9.17, 15) is 4.79 Å². The molecule has 0 aliphatic carbocycles. The van der Waals surface area contributed by atoms with E-state index in [1.54, 1.807) is 27.6 Å². The molecule has 2 heterocycles. The number of hydrogen-bond donors (Lipinski definition) is 0. The van der Waals surface area contributed by atoms with Crippen LogP contribution in [0, 0.1) is 0 Å². The van der Waals surface area contributed by atoms with Gasteiger partial charge in [-0.25, -0.2) is 0 Å². The molecule has 2 atom stereocenters. The van der Waals surface area contributed by atoms with Crippen molar-refractivity contribution in [2.24, 2.45) is 0 Å². The predicted octanol–water partition coefficient (Wildman–Crippen LogP) is 3.52. The van der Waals surface area contributed by atoms with Gasteiger partial charge in [0.2, 0.25) is 0 Å². The Kier molecular flexibility index (Phi) is 6.21. The molecule has 0 radical (unpaired) electrons. The molecular formula is C24H27NO6. The van der Waals surface area contributed by atoms with Gasteiger partial charge in [0.1, 0.15) is 18.1 Å². The smallest absolute Gasteiger partial charge is 0.264 e. The number of benzene rings is 2. The molecule has 2 aromatic rings. The number of fused-ring (bicyclic) bond motifs is 1. The molecule has 0 spiro atoms. The van der Waals surface area contributed by atoms with Crippen molar-refractivity contribution in [3.63, 3.8) is 0 Å². The van der Waals surface area contributed by atoms with Crippen LogP contribution in [0.5, 0.6) is 23.0 Å². The molecule has 7 nitrogen and oxygen atoms in total. The fourth-order valence-electron chi connectivity index (χ4n) is 4.05. The Balaban J connectivity index is 1.63. The maximum atomic E-state index is 13.2. The quantitative estimate of drug-likeness (QED) is 0.676. The number of ether oxygens (including phenoxy) is 5. The first-order valence-electron chi connectivity index (χ1n) is 10.3. The molecule has 1 amide bonds. The molecule has 0 fully saturated rings. The molecule has 2 aliphatic heterocycles. The summed E-state index contributed by atoms with van der Waals surface area (Å²) in [6.07, 6.45) is 4.29. The van der Waals surface area contributed by atoms with Gasteiger partial charge < -0.3 is 28.6 Å². The molecule has 0 bridgehead atoms. The third-order valence-corrected chi connectivity index (χ3v) is 5.72. The second-order valence-corrected chi connectivity index (χ2v) is 7.42. The van der Waals surface area contributed by atoms with Gasteiger partial charge in [-0.2, -0.15) is 0 Å². The van der Waals surface area contributed by atoms with Gasteiger partial charge in [0.05, 0.1) is 33.6 Å². The minimum atomic E-state index is -0.481. The van der Waals surface area contributed by atoms with Crippen LogP contribution in [-0.2, 0) is 16.0 Å². The van der Waals surface area contributed by atoms with E-state index in [0.717, 1.165) is 23.3 Å². The molecule has 4 rings (SSSR count). The summed E-state index contributed by atoms with van der Waals surface area (Å²) >= 11 is 0. The van der Waals surface area contributed by atoms with E-state index >= 15 is 0 Å². The standard InChI is InChI=1S/C24H27NO6/c1-27-17-6-8-18(9-7-17)31-15-20-19-14-23(29-3)22(28-2)13-16(19)10-11-25(20)24(26)21-5-4-12-30-21/h4,6-9,12-14,20-21H,5,10-11,15H2,1-3H3. The molecule has 7 heteroatoms. The highest BCUT2D eigenvalue weighted by Crippen LogP contribution is 2.39. The summed E-state index contributed by atoms with van der Waals surface area (Å²) < 4.78 is 27.8. The third-order valence-electron chi connectivity index (χ3n) is 5.72. The van der Waals surface area contributed by atoms with Crippen LogP contribution >= 0.6 is 0 Å². The van der Waals surface area contributed by atoms with Crippen LogP contribution in [0.1, 0.15) is 23.6 Å². The number of nitrogens with zero attached hydrogens (tertiary/aromatic N) is 1. The zero-order valence-electron chi connectivity index (χ0n) is 18.0. The van der Waals surface area contributed by atoms with Crippen molar-refractivity contribution < 1.29 is 28.5 Å². The van der Waals surface area contributed by atoms with Crippen LogP contribution in [0.15, 0.2) is 48.7 Å². The minimum absolute atomic E-state index is 0.0336. The first kappa shape index (κ1) is 20.9. The summed E-state index contributed by atoms with van der Waals surface area (Å²) in [6, 6.07) is 11.1. The lowest BCUT2D eigenvalue weighted by molar-refractivity contribution is -0.143. The zero-order chi connectivity index (χ0) is 21.8. The number of methoxy groups -OCH3 is 3. The van der Waals surface area contributed by atoms with Gasteiger partial charge in [0.25, 0.3) is 5.91 Å². The number of carbonyl (C=O) groups is 1. The maximum absolute atomic E-state index is 13.2. The number of amides is 1. The Morgan fingerprint density at radius 1 is 1.03 bits per heavy atom. The summed E-state index contributed by atoms with van der Waals surface area (Å²) in [7, 11) is 4.86. The van der Waals surface area contributed by atoms with Crippen LogP contribution in [0.2, 0.25) is 0 Å². The van der Waals surface area contributed by atoms with Crippen molar-refractivity contribution in [2.45, 2.75) is 25.0 Å². The van der Waals surface area contributed by atoms with Crippen LogP contribution in [0.25, 0.3) is 0 Å². The summed E-state index contributed by atoms with van der Waals surface area (Å²) in [5.41, 5.74) is 2.12. The van der Waals surface area contributed by atoms with Crippen molar-refractivity contribution in [2.75, 3.05) is 34.5 Å². The van der Waals surface area contributed by atoms with Crippen molar-refractivity contribution in [3.8, 4) is 23.0 Å². The highest BCUT2D eigenvalue weighted by molar-refractivity contribution is 5.82. The molecule has 0 N–H and O–H groups in total. The minimum Gasteiger partial charge on any atom is -0.497 e. The van der Waals surface area contributed by atoms with Gasteiger partial charge >= 0.3 is 0 Å². The van der Waals surface area contributed by atoms with Crippen LogP contribution in [-0.4, -0.2) is 51.4 Å². The van der Waals surface area contributed by atoms with Gasteiger partial charge in [-0.05, 0) is 60.0 Å². The van der Waals surface area contributed by atoms with Gasteiger partial charge in [-0.1, -0.05) is 0 Å². The lowest BCUT2D eigenvalue weighted by Gasteiger charge is -2.38. The van der Waals surface area contributed by atoms with E-state index in [0.29, 0.717) is 36.8 Å². The van der Waals surface area contributed by atoms with Crippen LogP contribution in [0.3, 0.4) is 0 Å². The molecule has 2 aliphatic rings. The largest absolute Gasteiger partial charge is 0.497 e. The lowest BCUT2D eigenvalue weighted by atomic mass is 9.91. The topological polar surface area (TPSA) is 66.5 Å². The second kappa shape index (κ2) is 9.20. The summed E-state index contributed by atoms with van der Waals surface area (Å²) in [5, 5.41) is 0. The Labute approximate surface area is 182 Å². The summed E-state index contributed by atoms with van der Waals surface area (Å²) in [4.78, 5) is 15.1. The average Bonchev–Trinajstić information content (AvgIpc) is 3.36. The van der Waals surface area contributed by atoms with Crippen LogP contribution in [0.4, 0.5) is 0 Å². The zero-order valence-corrected chi connectivity index (χ0v) is 18.0. The van der Waals surface area contributed by atoms with E-state index in [2.05, 4.69) is 0 Å². The normalized spacial score (nSPS) is 19.4. The molecule has 2 aromatic carbocycles. The molecule has 0 saturated heterocycles. The summed E-state index contributed by atoms with van der Waals surface area (Å²) in [5.74, 6) is 2.74. The maximum Gasteiger partial charge on any atom is 0.264 e. The Morgan fingerprint density at radius 3 is 2.39 bits per heavy atom. The Hall–Kier alpha value is -3.35. The van der Waals surface area contributed by atoms with E-state index in [1.165, 1.54) is 0 Å². The van der Waals surface area contributed by atoms with Crippen molar-refractivity contribution in [1.82, 2.24) is 4.90 Å². The third kappa shape index (κ3) is 4.26. The number of rotatable bonds is 7. The molecule has 2 unspecified atom stereocenters. The fourth-order valence-corrected chi connectivity index (χ4v) is 4.05. The SMILES string of the molecule is COc1ccc(OCC2c3cc(OC)c(OC)cc3CCN2C(=O)C2CC=CO2)cc1. The van der Waals surface area contributed by atoms with Gasteiger partial charge in [0.15, 0.2) is 17.6 Å². The fraction of sp³-hybridized carbons (Fsp3) is 0.375. The highest BCUT2D eigenvalue weighted by atomic mass is 16.5. The van der Waals surface area contributed by atoms with E-state index in [-0.39, 0.29) is 11.9 Å². The number of hydrogen-bond acceptors (Lipinski definition) is 6. The summed E-state index contributed by atoms with van der Waals surface area (Å²) in [6.45, 7) is 0.887. The van der Waals surface area contributed by atoms with Crippen LogP contribution < -0.4 is 18.9 Å². The number of carbonyl (C=O) groups excluding carboxylic acids is 1. The monoisotopic (exact) mass is 425 g/mol. The van der Waals surface area contributed by atoms with E-state index in [1.807, 2.05) is 47.4 Å². The molecule has 0 aromatic heterocycles. The Bertz CT molecular complexity index is 947. The second-order valence-electron chi connectivity index (χ2n) is 7.42. The molecule has 0 saturated carbocycles. The first-order chi connectivity index (χ1) is 15.1. The van der Waals surface area contributed by atoms with Crippen molar-refractivity contribution in [1.29, 1.82) is 0 Å². The van der Waals surface area contributed by atoms with Crippen molar-refractivity contribution in [3.05, 3.63) is 59.9 Å².